The van der Waals surface area contributed by atoms with Crippen molar-refractivity contribution >= 4 is 33.2 Å². The van der Waals surface area contributed by atoms with E-state index in [-0.39, 0.29) is 29.8 Å². The van der Waals surface area contributed by atoms with Crippen LogP contribution in [-0.2, 0) is 15.4 Å². The average molecular weight is 558 g/mol. The molecule has 0 atom stereocenters. The monoisotopic (exact) mass is 557 g/mol. The zero-order chi connectivity index (χ0) is 25.6. The molecule has 2 aliphatic heterocycles. The van der Waals surface area contributed by atoms with Crippen LogP contribution in [0.2, 0.25) is 10.0 Å². The Labute approximate surface area is 223 Å². The Morgan fingerprint density at radius 1 is 0.892 bits per heavy atom. The van der Waals surface area contributed by atoms with Gasteiger partial charge in [0.25, 0.3) is 5.89 Å². The first kappa shape index (κ1) is 24.2. The summed E-state index contributed by atoms with van der Waals surface area (Å²) in [5, 5.41) is 4.81. The van der Waals surface area contributed by atoms with Crippen LogP contribution in [0.1, 0.15) is 24.2 Å². The molecule has 0 unspecified atom stereocenters. The first-order valence-electron chi connectivity index (χ1n) is 11.6. The molecule has 4 aromatic rings. The molecule has 1 fully saturated rings. The number of hydrogen-bond acceptors (Lipinski definition) is 7. The third kappa shape index (κ3) is 4.25. The molecule has 0 N–H and O–H groups in total. The van der Waals surface area contributed by atoms with E-state index in [1.54, 1.807) is 18.2 Å². The van der Waals surface area contributed by atoms with E-state index in [1.807, 2.05) is 36.4 Å². The number of fused-ring (bicyclic) bond motifs is 1. The van der Waals surface area contributed by atoms with Crippen molar-refractivity contribution in [1.29, 1.82) is 0 Å². The Morgan fingerprint density at radius 3 is 2.43 bits per heavy atom. The van der Waals surface area contributed by atoms with Crippen molar-refractivity contribution in [3.05, 3.63) is 88.2 Å². The van der Waals surface area contributed by atoms with Crippen LogP contribution in [0.4, 0.5) is 0 Å². The van der Waals surface area contributed by atoms with Crippen LogP contribution in [-0.4, -0.2) is 42.7 Å². The summed E-state index contributed by atoms with van der Waals surface area (Å²) in [6.45, 7) is 0.659. The van der Waals surface area contributed by atoms with Gasteiger partial charge in [-0.2, -0.15) is 9.29 Å². The van der Waals surface area contributed by atoms with Gasteiger partial charge in [-0.1, -0.05) is 58.7 Å². The Hall–Kier alpha value is -3.11. The van der Waals surface area contributed by atoms with Gasteiger partial charge in [-0.25, -0.2) is 8.42 Å². The fraction of sp³-hybridized carbons (Fsp3) is 0.231. The summed E-state index contributed by atoms with van der Waals surface area (Å²) in [5.74, 6) is 2.14. The van der Waals surface area contributed by atoms with Gasteiger partial charge in [0.2, 0.25) is 16.8 Å². The molecule has 11 heteroatoms. The van der Waals surface area contributed by atoms with E-state index in [0.29, 0.717) is 46.6 Å². The van der Waals surface area contributed by atoms with Crippen molar-refractivity contribution in [2.75, 3.05) is 19.9 Å². The molecule has 37 heavy (non-hydrogen) atoms. The second-order valence-corrected chi connectivity index (χ2v) is 11.7. The van der Waals surface area contributed by atoms with Gasteiger partial charge >= 0.3 is 0 Å². The minimum absolute atomic E-state index is 0.00136. The van der Waals surface area contributed by atoms with Crippen LogP contribution in [0, 0.1) is 0 Å². The normalized spacial score (nSPS) is 17.1. The number of aromatic nitrogens is 2. The number of halogens is 2. The van der Waals surface area contributed by atoms with Gasteiger partial charge in [0.05, 0.1) is 10.4 Å². The highest BCUT2D eigenvalue weighted by Gasteiger charge is 2.44. The summed E-state index contributed by atoms with van der Waals surface area (Å²) in [6.07, 6.45) is 0.906. The van der Waals surface area contributed by atoms with Gasteiger partial charge in [0.1, 0.15) is 4.90 Å². The maximum absolute atomic E-state index is 13.4. The largest absolute Gasteiger partial charge is 0.454 e. The molecule has 0 amide bonds. The van der Waals surface area contributed by atoms with E-state index < -0.39 is 15.4 Å². The zero-order valence-electron chi connectivity index (χ0n) is 19.4. The lowest BCUT2D eigenvalue weighted by Crippen LogP contribution is -2.46. The second kappa shape index (κ2) is 9.33. The van der Waals surface area contributed by atoms with Gasteiger partial charge in [0, 0.05) is 23.7 Å². The summed E-state index contributed by atoms with van der Waals surface area (Å²) in [4.78, 5) is 4.77. The molecule has 3 heterocycles. The summed E-state index contributed by atoms with van der Waals surface area (Å²) >= 11 is 12.3. The Balaban J connectivity index is 1.33. The number of rotatable bonds is 5. The maximum atomic E-state index is 13.4. The third-order valence-corrected chi connectivity index (χ3v) is 9.50. The number of ether oxygens (including phenoxy) is 2. The molecular formula is C26H21Cl2N3O5S. The van der Waals surface area contributed by atoms with Crippen LogP contribution < -0.4 is 9.47 Å². The second-order valence-electron chi connectivity index (χ2n) is 8.92. The molecule has 0 saturated carbocycles. The van der Waals surface area contributed by atoms with E-state index in [9.17, 15) is 8.42 Å². The van der Waals surface area contributed by atoms with Crippen LogP contribution in [0.15, 0.2) is 76.1 Å². The Bertz CT molecular complexity index is 1570. The summed E-state index contributed by atoms with van der Waals surface area (Å²) in [7, 11) is -3.85. The molecule has 0 aliphatic carbocycles. The Morgan fingerprint density at radius 2 is 1.65 bits per heavy atom. The molecule has 0 spiro atoms. The lowest BCUT2D eigenvalue weighted by molar-refractivity contribution is 0.174. The number of benzene rings is 3. The molecule has 2 aliphatic rings. The van der Waals surface area contributed by atoms with E-state index in [1.165, 1.54) is 16.4 Å². The minimum atomic E-state index is -3.85. The standard InChI is InChI=1S/C26H21Cl2N3O5S/c27-19-7-8-20(28)23(15-19)37(32,33)31-12-10-26(11-13-31,18-4-2-1-3-5-18)25-29-24(36-30-25)17-6-9-21-22(14-17)35-16-34-21/h1-9,14-15H,10-13,16H2. The van der Waals surface area contributed by atoms with E-state index in [4.69, 9.17) is 42.2 Å². The fourth-order valence-corrected chi connectivity index (χ4v) is 7.06. The highest BCUT2D eigenvalue weighted by molar-refractivity contribution is 7.89. The van der Waals surface area contributed by atoms with Crippen LogP contribution in [0.25, 0.3) is 11.5 Å². The van der Waals surface area contributed by atoms with Crippen molar-refractivity contribution in [3.63, 3.8) is 0 Å². The van der Waals surface area contributed by atoms with E-state index >= 15 is 0 Å². The summed E-state index contributed by atoms with van der Waals surface area (Å²) < 4.78 is 44.9. The van der Waals surface area contributed by atoms with Crippen molar-refractivity contribution in [2.45, 2.75) is 23.2 Å². The number of piperidine rings is 1. The summed E-state index contributed by atoms with van der Waals surface area (Å²) in [6, 6.07) is 19.7. The van der Waals surface area contributed by atoms with Gasteiger partial charge in [-0.05, 0) is 54.8 Å². The first-order valence-corrected chi connectivity index (χ1v) is 13.8. The first-order chi connectivity index (χ1) is 17.9. The van der Waals surface area contributed by atoms with Crippen LogP contribution >= 0.6 is 23.2 Å². The maximum Gasteiger partial charge on any atom is 0.258 e. The predicted molar refractivity (Wildman–Crippen MR) is 138 cm³/mol. The number of hydrogen-bond donors (Lipinski definition) is 0. The minimum Gasteiger partial charge on any atom is -0.454 e. The van der Waals surface area contributed by atoms with E-state index in [0.717, 1.165) is 5.56 Å². The van der Waals surface area contributed by atoms with Crippen molar-refractivity contribution in [2.24, 2.45) is 0 Å². The molecule has 190 valence electrons. The van der Waals surface area contributed by atoms with Crippen LogP contribution in [0.3, 0.4) is 0 Å². The quantitative estimate of drug-likeness (QED) is 0.317. The van der Waals surface area contributed by atoms with Crippen molar-refractivity contribution < 1.29 is 22.4 Å². The smallest absolute Gasteiger partial charge is 0.258 e. The van der Waals surface area contributed by atoms with Crippen LogP contribution in [0.5, 0.6) is 11.5 Å². The molecule has 6 rings (SSSR count). The average Bonchev–Trinajstić information content (AvgIpc) is 3.60. The van der Waals surface area contributed by atoms with Gasteiger partial charge < -0.3 is 14.0 Å². The Kier molecular flexibility index (Phi) is 6.11. The summed E-state index contributed by atoms with van der Waals surface area (Å²) in [5.41, 5.74) is 1.07. The highest BCUT2D eigenvalue weighted by atomic mass is 35.5. The zero-order valence-corrected chi connectivity index (χ0v) is 21.8. The van der Waals surface area contributed by atoms with Gasteiger partial charge in [-0.3, -0.25) is 0 Å². The van der Waals surface area contributed by atoms with Gasteiger partial charge in [0.15, 0.2) is 17.3 Å². The molecule has 0 bridgehead atoms. The molecule has 3 aromatic carbocycles. The third-order valence-electron chi connectivity index (χ3n) is 6.89. The number of nitrogens with zero attached hydrogens (tertiary/aromatic N) is 3. The molecule has 0 radical (unpaired) electrons. The SMILES string of the molecule is O=S(=O)(c1cc(Cl)ccc1Cl)N1CCC(c2ccccc2)(c2noc(-c3ccc4c(c3)OCO4)n2)CC1. The van der Waals surface area contributed by atoms with E-state index in [2.05, 4.69) is 5.16 Å². The predicted octanol–water partition coefficient (Wildman–Crippen LogP) is 5.54. The molecule has 1 saturated heterocycles. The van der Waals surface area contributed by atoms with Gasteiger partial charge in [-0.15, -0.1) is 0 Å². The van der Waals surface area contributed by atoms with Crippen molar-refractivity contribution in [1.82, 2.24) is 14.4 Å². The fourth-order valence-electron chi connectivity index (χ4n) is 4.89. The molecular weight excluding hydrogens is 537 g/mol. The topological polar surface area (TPSA) is 94.8 Å². The highest BCUT2D eigenvalue weighted by Crippen LogP contribution is 2.43. The number of sulfonamides is 1. The molecule has 1 aromatic heterocycles. The molecule has 8 nitrogen and oxygen atoms in total. The lowest BCUT2D eigenvalue weighted by atomic mass is 9.72. The van der Waals surface area contributed by atoms with Crippen molar-refractivity contribution in [3.8, 4) is 23.0 Å². The lowest BCUT2D eigenvalue weighted by Gasteiger charge is -2.39.